The summed E-state index contributed by atoms with van der Waals surface area (Å²) in [5.41, 5.74) is 1.83. The summed E-state index contributed by atoms with van der Waals surface area (Å²) in [5.74, 6) is 1.18. The molecule has 1 N–H and O–H groups in total. The van der Waals surface area contributed by atoms with E-state index in [1.807, 2.05) is 39.0 Å². The van der Waals surface area contributed by atoms with E-state index in [-0.39, 0.29) is 17.7 Å². The summed E-state index contributed by atoms with van der Waals surface area (Å²) in [6.45, 7) is 7.20. The van der Waals surface area contributed by atoms with E-state index in [0.717, 1.165) is 12.0 Å². The van der Waals surface area contributed by atoms with Crippen LogP contribution in [0.1, 0.15) is 55.6 Å². The van der Waals surface area contributed by atoms with Crippen molar-refractivity contribution in [2.45, 2.75) is 39.7 Å². The van der Waals surface area contributed by atoms with Crippen LogP contribution >= 0.6 is 0 Å². The topological polar surface area (TPSA) is 84.9 Å². The number of benzene rings is 2. The molecule has 1 aliphatic heterocycles. The molecule has 8 heteroatoms. The first-order valence-electron chi connectivity index (χ1n) is 10.7. The molecule has 1 aliphatic rings. The molecule has 1 unspecified atom stereocenters. The Morgan fingerprint density at radius 3 is 2.52 bits per heavy atom. The second-order valence-electron chi connectivity index (χ2n) is 7.41. The quantitative estimate of drug-likeness (QED) is 0.665. The molecule has 1 atom stereocenters. The lowest BCUT2D eigenvalue weighted by Crippen LogP contribution is -2.38. The van der Waals surface area contributed by atoms with Crippen molar-refractivity contribution in [1.82, 2.24) is 5.32 Å². The lowest BCUT2D eigenvalue weighted by atomic mass is 10.1. The van der Waals surface area contributed by atoms with Gasteiger partial charge in [0.25, 0.3) is 5.91 Å². The highest BCUT2D eigenvalue weighted by atomic mass is 32.2. The molecule has 2 aromatic carbocycles. The highest BCUT2D eigenvalue weighted by Crippen LogP contribution is 2.31. The van der Waals surface area contributed by atoms with E-state index in [2.05, 4.69) is 5.32 Å². The molecule has 3 rings (SSSR count). The van der Waals surface area contributed by atoms with Gasteiger partial charge in [-0.1, -0.05) is 12.1 Å². The maximum Gasteiger partial charge on any atom is 0.251 e. The number of rotatable bonds is 8. The summed E-state index contributed by atoms with van der Waals surface area (Å²) in [6.07, 6.45) is 1.48. The maximum atomic E-state index is 12.9. The number of anilines is 1. The number of carbonyl (C=O) groups is 1. The van der Waals surface area contributed by atoms with Gasteiger partial charge in [0.2, 0.25) is 10.0 Å². The van der Waals surface area contributed by atoms with Crippen LogP contribution < -0.4 is 19.1 Å². The minimum atomic E-state index is -3.33. The lowest BCUT2D eigenvalue weighted by molar-refractivity contribution is 0.0939. The number of nitrogens with one attached hydrogen (secondary N) is 1. The molecule has 1 heterocycles. The molecular formula is C23H30N2O5S. The molecule has 2 aromatic rings. The molecule has 0 bridgehead atoms. The van der Waals surface area contributed by atoms with Crippen LogP contribution in [-0.4, -0.2) is 39.8 Å². The van der Waals surface area contributed by atoms with Gasteiger partial charge < -0.3 is 14.8 Å². The lowest BCUT2D eigenvalue weighted by Gasteiger charge is -2.28. The Bertz CT molecular complexity index is 1020. The van der Waals surface area contributed by atoms with Gasteiger partial charge in [0, 0.05) is 12.1 Å². The molecule has 1 amide bonds. The van der Waals surface area contributed by atoms with E-state index in [9.17, 15) is 13.2 Å². The van der Waals surface area contributed by atoms with Crippen LogP contribution in [-0.2, 0) is 10.0 Å². The Morgan fingerprint density at radius 2 is 1.81 bits per heavy atom. The van der Waals surface area contributed by atoms with Crippen LogP contribution in [0.3, 0.4) is 0 Å². The summed E-state index contributed by atoms with van der Waals surface area (Å²) in [5, 5.41) is 2.98. The fourth-order valence-electron chi connectivity index (χ4n) is 3.58. The van der Waals surface area contributed by atoms with Crippen molar-refractivity contribution >= 4 is 21.6 Å². The first kappa shape index (κ1) is 22.9. The summed E-state index contributed by atoms with van der Waals surface area (Å²) in [6, 6.07) is 12.1. The zero-order valence-corrected chi connectivity index (χ0v) is 19.1. The predicted molar refractivity (Wildman–Crippen MR) is 121 cm³/mol. The summed E-state index contributed by atoms with van der Waals surface area (Å²) in [4.78, 5) is 12.9. The number of hydrogen-bond acceptors (Lipinski definition) is 5. The summed E-state index contributed by atoms with van der Waals surface area (Å²) in [7, 11) is -3.33. The van der Waals surface area contributed by atoms with E-state index >= 15 is 0 Å². The second-order valence-corrected chi connectivity index (χ2v) is 9.43. The molecule has 31 heavy (non-hydrogen) atoms. The van der Waals surface area contributed by atoms with Crippen LogP contribution in [0.25, 0.3) is 0 Å². The molecule has 1 fully saturated rings. The molecule has 0 aliphatic carbocycles. The number of ether oxygens (including phenoxy) is 2. The monoisotopic (exact) mass is 446 g/mol. The van der Waals surface area contributed by atoms with Crippen LogP contribution in [0.2, 0.25) is 0 Å². The van der Waals surface area contributed by atoms with Crippen LogP contribution in [0.4, 0.5) is 5.69 Å². The summed E-state index contributed by atoms with van der Waals surface area (Å²) >= 11 is 0. The Labute approximate surface area is 184 Å². The maximum absolute atomic E-state index is 12.9. The third kappa shape index (κ3) is 5.50. The van der Waals surface area contributed by atoms with E-state index in [4.69, 9.17) is 9.47 Å². The number of hydrogen-bond donors (Lipinski definition) is 1. The average molecular weight is 447 g/mol. The second kappa shape index (κ2) is 10.0. The van der Waals surface area contributed by atoms with Gasteiger partial charge in [-0.15, -0.1) is 0 Å². The Balaban J connectivity index is 1.76. The first-order valence-corrected chi connectivity index (χ1v) is 12.3. The predicted octanol–water partition coefficient (Wildman–Crippen LogP) is 3.91. The van der Waals surface area contributed by atoms with Crippen molar-refractivity contribution in [3.8, 4) is 11.5 Å². The Kier molecular flexibility index (Phi) is 7.43. The zero-order chi connectivity index (χ0) is 22.4. The van der Waals surface area contributed by atoms with Crippen LogP contribution in [0, 0.1) is 0 Å². The van der Waals surface area contributed by atoms with Gasteiger partial charge in [0.1, 0.15) is 0 Å². The molecule has 168 valence electrons. The largest absolute Gasteiger partial charge is 0.490 e. The number of carbonyl (C=O) groups excluding carboxylic acids is 1. The van der Waals surface area contributed by atoms with Gasteiger partial charge in [-0.05, 0) is 69.5 Å². The average Bonchev–Trinajstić information content (AvgIpc) is 2.75. The van der Waals surface area contributed by atoms with Crippen molar-refractivity contribution in [2.24, 2.45) is 0 Å². The third-order valence-electron chi connectivity index (χ3n) is 5.16. The van der Waals surface area contributed by atoms with E-state index in [1.54, 1.807) is 24.3 Å². The van der Waals surface area contributed by atoms with E-state index < -0.39 is 10.0 Å². The van der Waals surface area contributed by atoms with Crippen molar-refractivity contribution in [2.75, 3.05) is 29.8 Å². The van der Waals surface area contributed by atoms with Crippen LogP contribution in [0.5, 0.6) is 11.5 Å². The van der Waals surface area contributed by atoms with Gasteiger partial charge in [0.05, 0.1) is 30.7 Å². The molecule has 0 aromatic heterocycles. The molecule has 1 saturated heterocycles. The van der Waals surface area contributed by atoms with Crippen molar-refractivity contribution in [3.63, 3.8) is 0 Å². The SMILES string of the molecule is CCOc1ccc(C(C)NC(=O)c2cccc(N3CCCCS3(=O)=O)c2)cc1OCC. The molecule has 0 spiro atoms. The molecular weight excluding hydrogens is 416 g/mol. The van der Waals surface area contributed by atoms with Gasteiger partial charge in [0.15, 0.2) is 11.5 Å². The fraction of sp³-hybridized carbons (Fsp3) is 0.435. The van der Waals surface area contributed by atoms with Gasteiger partial charge in [-0.3, -0.25) is 9.10 Å². The van der Waals surface area contributed by atoms with E-state index in [1.165, 1.54) is 4.31 Å². The van der Waals surface area contributed by atoms with Gasteiger partial charge in [-0.25, -0.2) is 8.42 Å². The normalized spacial score (nSPS) is 16.4. The number of sulfonamides is 1. The van der Waals surface area contributed by atoms with Gasteiger partial charge >= 0.3 is 0 Å². The molecule has 7 nitrogen and oxygen atoms in total. The standard InChI is InChI=1S/C23H30N2O5S/c1-4-29-21-12-11-18(16-22(21)30-5-2)17(3)24-23(26)19-9-8-10-20(15-19)25-13-6-7-14-31(25,27)28/h8-12,15-17H,4-7,13-14H2,1-3H3,(H,24,26). The van der Waals surface area contributed by atoms with Crippen LogP contribution in [0.15, 0.2) is 42.5 Å². The minimum absolute atomic E-state index is 0.139. The van der Waals surface area contributed by atoms with Crippen molar-refractivity contribution in [1.29, 1.82) is 0 Å². The highest BCUT2D eigenvalue weighted by molar-refractivity contribution is 7.92. The first-order chi connectivity index (χ1) is 14.9. The molecule has 0 radical (unpaired) electrons. The summed E-state index contributed by atoms with van der Waals surface area (Å²) < 4.78 is 37.4. The Morgan fingerprint density at radius 1 is 1.06 bits per heavy atom. The third-order valence-corrected chi connectivity index (χ3v) is 7.03. The number of nitrogens with zero attached hydrogens (tertiary/aromatic N) is 1. The highest BCUT2D eigenvalue weighted by Gasteiger charge is 2.26. The smallest absolute Gasteiger partial charge is 0.251 e. The Hall–Kier alpha value is -2.74. The fourth-order valence-corrected chi connectivity index (χ4v) is 5.21. The zero-order valence-electron chi connectivity index (χ0n) is 18.3. The van der Waals surface area contributed by atoms with Crippen molar-refractivity contribution < 1.29 is 22.7 Å². The van der Waals surface area contributed by atoms with E-state index in [0.29, 0.717) is 48.9 Å². The number of amides is 1. The van der Waals surface area contributed by atoms with Crippen molar-refractivity contribution in [3.05, 3.63) is 53.6 Å². The van der Waals surface area contributed by atoms with Gasteiger partial charge in [-0.2, -0.15) is 0 Å². The minimum Gasteiger partial charge on any atom is -0.490 e. The molecule has 0 saturated carbocycles.